The van der Waals surface area contributed by atoms with Gasteiger partial charge in [0.05, 0.1) is 11.4 Å². The molecule has 2 amide bonds. The smallest absolute Gasteiger partial charge is 0.243 e. The van der Waals surface area contributed by atoms with Crippen molar-refractivity contribution in [2.45, 2.75) is 45.2 Å². The third-order valence-corrected chi connectivity index (χ3v) is 7.02. The zero-order valence-electron chi connectivity index (χ0n) is 19.7. The summed E-state index contributed by atoms with van der Waals surface area (Å²) in [5, 5.41) is 2.80. The van der Waals surface area contributed by atoms with Crippen LogP contribution in [0.2, 0.25) is 0 Å². The number of carbonyl (C=O) groups excluding carboxylic acids is 2. The van der Waals surface area contributed by atoms with Crippen molar-refractivity contribution in [1.29, 1.82) is 0 Å². The summed E-state index contributed by atoms with van der Waals surface area (Å²) in [7, 11) is -2.57. The highest BCUT2D eigenvalue weighted by molar-refractivity contribution is 7.89. The summed E-state index contributed by atoms with van der Waals surface area (Å²) >= 11 is 0. The number of aryl methyl sites for hydroxylation is 1. The number of amides is 2. The molecule has 0 spiro atoms. The van der Waals surface area contributed by atoms with Crippen LogP contribution in [0, 0.1) is 18.7 Å². The first-order valence-corrected chi connectivity index (χ1v) is 12.2. The minimum absolute atomic E-state index is 0.0355. The van der Waals surface area contributed by atoms with Gasteiger partial charge in [-0.1, -0.05) is 43.7 Å². The monoisotopic (exact) mass is 477 g/mol. The summed E-state index contributed by atoms with van der Waals surface area (Å²) in [6.07, 6.45) is 0. The summed E-state index contributed by atoms with van der Waals surface area (Å²) < 4.78 is 40.1. The SMILES string of the molecule is Cc1ccc(S(=O)(=O)N(C)CC(=O)N(Cc2ccc(F)cc2)[C@H](C)C(=O)NCC(C)C)cc1. The van der Waals surface area contributed by atoms with Crippen LogP contribution in [0.15, 0.2) is 53.4 Å². The van der Waals surface area contributed by atoms with Crippen molar-refractivity contribution in [3.63, 3.8) is 0 Å². The van der Waals surface area contributed by atoms with Gasteiger partial charge in [0.25, 0.3) is 0 Å². The van der Waals surface area contributed by atoms with Crippen molar-refractivity contribution in [3.8, 4) is 0 Å². The molecule has 0 fully saturated rings. The minimum atomic E-state index is -3.89. The van der Waals surface area contributed by atoms with Gasteiger partial charge in [0, 0.05) is 20.1 Å². The Labute approximate surface area is 195 Å². The summed E-state index contributed by atoms with van der Waals surface area (Å²) in [6, 6.07) is 11.1. The first kappa shape index (κ1) is 26.5. The van der Waals surface area contributed by atoms with Gasteiger partial charge in [-0.15, -0.1) is 0 Å². The standard InChI is InChI=1S/C24H32FN3O4S/c1-17(2)14-26-24(30)19(4)28(15-20-8-10-21(25)11-9-20)23(29)16-27(5)33(31,32)22-12-6-18(3)7-13-22/h6-13,17,19H,14-16H2,1-5H3,(H,26,30)/t19-/m1/s1. The molecule has 0 heterocycles. The fraction of sp³-hybridized carbons (Fsp3) is 0.417. The molecule has 0 unspecified atom stereocenters. The molecule has 2 rings (SSSR count). The molecule has 9 heteroatoms. The van der Waals surface area contributed by atoms with E-state index in [0.29, 0.717) is 12.1 Å². The van der Waals surface area contributed by atoms with Gasteiger partial charge in [-0.2, -0.15) is 4.31 Å². The van der Waals surface area contributed by atoms with Crippen molar-refractivity contribution in [2.24, 2.45) is 5.92 Å². The first-order valence-electron chi connectivity index (χ1n) is 10.8. The zero-order chi connectivity index (χ0) is 24.8. The average Bonchev–Trinajstić information content (AvgIpc) is 2.76. The summed E-state index contributed by atoms with van der Waals surface area (Å²) in [6.45, 7) is 7.39. The predicted octanol–water partition coefficient (Wildman–Crippen LogP) is 2.94. The van der Waals surface area contributed by atoms with Crippen molar-refractivity contribution >= 4 is 21.8 Å². The van der Waals surface area contributed by atoms with Crippen molar-refractivity contribution in [2.75, 3.05) is 20.1 Å². The Morgan fingerprint density at radius 3 is 2.12 bits per heavy atom. The van der Waals surface area contributed by atoms with E-state index in [9.17, 15) is 22.4 Å². The maximum Gasteiger partial charge on any atom is 0.243 e. The van der Waals surface area contributed by atoms with Crippen LogP contribution < -0.4 is 5.32 Å². The van der Waals surface area contributed by atoms with E-state index < -0.39 is 34.3 Å². The zero-order valence-corrected chi connectivity index (χ0v) is 20.5. The van der Waals surface area contributed by atoms with Gasteiger partial charge in [-0.25, -0.2) is 12.8 Å². The van der Waals surface area contributed by atoms with Crippen LogP contribution in [0.1, 0.15) is 31.9 Å². The lowest BCUT2D eigenvalue weighted by atomic mass is 10.1. The van der Waals surface area contributed by atoms with Crippen LogP contribution in [0.3, 0.4) is 0 Å². The predicted molar refractivity (Wildman–Crippen MR) is 125 cm³/mol. The highest BCUT2D eigenvalue weighted by Crippen LogP contribution is 2.17. The third-order valence-electron chi connectivity index (χ3n) is 5.21. The van der Waals surface area contributed by atoms with Gasteiger partial charge < -0.3 is 10.2 Å². The van der Waals surface area contributed by atoms with Gasteiger partial charge in [-0.05, 0) is 49.6 Å². The molecule has 0 bridgehead atoms. The fourth-order valence-electron chi connectivity index (χ4n) is 3.08. The summed E-state index contributed by atoms with van der Waals surface area (Å²) in [5.74, 6) is -1.07. The Hall–Kier alpha value is -2.78. The quantitative estimate of drug-likeness (QED) is 0.570. The van der Waals surface area contributed by atoms with Crippen LogP contribution >= 0.6 is 0 Å². The molecule has 2 aromatic carbocycles. The topological polar surface area (TPSA) is 86.8 Å². The molecule has 1 N–H and O–H groups in total. The second kappa shape index (κ2) is 11.4. The molecule has 0 aliphatic carbocycles. The third kappa shape index (κ3) is 7.36. The lowest BCUT2D eigenvalue weighted by Gasteiger charge is -2.30. The molecular weight excluding hydrogens is 445 g/mol. The van der Waals surface area contributed by atoms with Crippen molar-refractivity contribution < 1.29 is 22.4 Å². The number of hydrogen-bond donors (Lipinski definition) is 1. The Morgan fingerprint density at radius 1 is 1.00 bits per heavy atom. The number of rotatable bonds is 10. The van der Waals surface area contributed by atoms with Gasteiger partial charge in [-0.3, -0.25) is 9.59 Å². The molecular formula is C24H32FN3O4S. The Balaban J connectivity index is 2.24. The molecule has 180 valence electrons. The molecule has 0 aliphatic rings. The Kier molecular flexibility index (Phi) is 9.13. The Bertz CT molecular complexity index is 1050. The highest BCUT2D eigenvalue weighted by atomic mass is 32.2. The molecule has 7 nitrogen and oxygen atoms in total. The van der Waals surface area contributed by atoms with Crippen LogP contribution in [0.5, 0.6) is 0 Å². The fourth-order valence-corrected chi connectivity index (χ4v) is 4.20. The van der Waals surface area contributed by atoms with Gasteiger partial charge >= 0.3 is 0 Å². The normalized spacial score (nSPS) is 12.6. The molecule has 0 saturated carbocycles. The van der Waals surface area contributed by atoms with E-state index in [1.165, 1.54) is 48.3 Å². The van der Waals surface area contributed by atoms with Crippen molar-refractivity contribution in [3.05, 3.63) is 65.5 Å². The number of benzene rings is 2. The first-order chi connectivity index (χ1) is 15.4. The van der Waals surface area contributed by atoms with E-state index in [2.05, 4.69) is 5.32 Å². The number of carbonyl (C=O) groups is 2. The molecule has 1 atom stereocenters. The largest absolute Gasteiger partial charge is 0.354 e. The Morgan fingerprint density at radius 2 is 1.58 bits per heavy atom. The number of likely N-dealkylation sites (N-methyl/N-ethyl adjacent to an activating group) is 1. The maximum absolute atomic E-state index is 13.3. The summed E-state index contributed by atoms with van der Waals surface area (Å²) in [4.78, 5) is 27.3. The van der Waals surface area contributed by atoms with Gasteiger partial charge in [0.2, 0.25) is 21.8 Å². The number of sulfonamides is 1. The number of nitrogens with zero attached hydrogens (tertiary/aromatic N) is 2. The lowest BCUT2D eigenvalue weighted by Crippen LogP contribution is -2.51. The van der Waals surface area contributed by atoms with Gasteiger partial charge in [0.15, 0.2) is 0 Å². The van der Waals surface area contributed by atoms with Crippen LogP contribution in [-0.4, -0.2) is 55.6 Å². The number of hydrogen-bond acceptors (Lipinski definition) is 4. The molecule has 0 aromatic heterocycles. The molecule has 0 aliphatic heterocycles. The average molecular weight is 478 g/mol. The van der Waals surface area contributed by atoms with E-state index in [-0.39, 0.29) is 23.3 Å². The van der Waals surface area contributed by atoms with Crippen LogP contribution in [0.4, 0.5) is 4.39 Å². The van der Waals surface area contributed by atoms with E-state index in [0.717, 1.165) is 9.87 Å². The second-order valence-electron chi connectivity index (χ2n) is 8.54. The highest BCUT2D eigenvalue weighted by Gasteiger charge is 2.30. The maximum atomic E-state index is 13.3. The van der Waals surface area contributed by atoms with E-state index in [1.807, 2.05) is 20.8 Å². The van der Waals surface area contributed by atoms with Crippen molar-refractivity contribution in [1.82, 2.24) is 14.5 Å². The van der Waals surface area contributed by atoms with E-state index >= 15 is 0 Å². The van der Waals surface area contributed by atoms with E-state index in [1.54, 1.807) is 19.1 Å². The number of halogens is 1. The van der Waals surface area contributed by atoms with Crippen LogP contribution in [-0.2, 0) is 26.2 Å². The summed E-state index contributed by atoms with van der Waals surface area (Å²) in [5.41, 5.74) is 1.54. The second-order valence-corrected chi connectivity index (χ2v) is 10.6. The minimum Gasteiger partial charge on any atom is -0.354 e. The lowest BCUT2D eigenvalue weighted by molar-refractivity contribution is -0.140. The van der Waals surface area contributed by atoms with E-state index in [4.69, 9.17) is 0 Å². The molecule has 0 saturated heterocycles. The molecule has 2 aromatic rings. The van der Waals surface area contributed by atoms with Crippen LogP contribution in [0.25, 0.3) is 0 Å². The molecule has 0 radical (unpaired) electrons. The number of nitrogens with one attached hydrogen (secondary N) is 1. The van der Waals surface area contributed by atoms with Gasteiger partial charge in [0.1, 0.15) is 11.9 Å². The molecule has 33 heavy (non-hydrogen) atoms.